The molecule has 3 aromatic rings. The van der Waals surface area contributed by atoms with Crippen LogP contribution < -0.4 is 9.47 Å². The number of β-amino-alcohol motifs (C(OH)–C–C–N with tert-alkyl or cyclic N) is 1. The Balaban J connectivity index is 1.90. The van der Waals surface area contributed by atoms with E-state index in [-0.39, 0.29) is 24.0 Å². The molecule has 0 amide bonds. The van der Waals surface area contributed by atoms with Crippen LogP contribution in [0.25, 0.3) is 0 Å². The minimum absolute atomic E-state index is 0.116. The molecule has 37 heavy (non-hydrogen) atoms. The number of benzene rings is 3. The molecule has 0 aromatic heterocycles. The van der Waals surface area contributed by atoms with Crippen LogP contribution in [0.15, 0.2) is 66.7 Å². The van der Waals surface area contributed by atoms with Crippen molar-refractivity contribution in [2.45, 2.75) is 12.8 Å². The lowest BCUT2D eigenvalue weighted by atomic mass is 9.67. The van der Waals surface area contributed by atoms with E-state index in [9.17, 15) is 19.1 Å². The number of methoxy groups -OCH3 is 2. The number of hydrogen-bond donors (Lipinski definition) is 1. The van der Waals surface area contributed by atoms with Crippen molar-refractivity contribution in [3.05, 3.63) is 94.8 Å². The van der Waals surface area contributed by atoms with Crippen LogP contribution in [-0.2, 0) is 0 Å². The largest absolute Gasteiger partial charge is 0.496 e. The smallest absolute Gasteiger partial charge is 0.171 e. The Morgan fingerprint density at radius 1 is 0.865 bits per heavy atom. The molecule has 1 aliphatic rings. The van der Waals surface area contributed by atoms with Crippen molar-refractivity contribution in [3.8, 4) is 11.5 Å². The predicted molar refractivity (Wildman–Crippen MR) is 139 cm³/mol. The molecule has 3 aromatic carbocycles. The maximum absolute atomic E-state index is 14.8. The molecule has 1 N–H and O–H groups in total. The van der Waals surface area contributed by atoms with Crippen molar-refractivity contribution in [2.75, 3.05) is 40.5 Å². The van der Waals surface area contributed by atoms with Crippen LogP contribution in [0.3, 0.4) is 0 Å². The predicted octanol–water partition coefficient (Wildman–Crippen LogP) is 4.54. The number of hydrogen-bond acceptors (Lipinski definition) is 6. The second-order valence-electron chi connectivity index (χ2n) is 9.31. The Kier molecular flexibility index (Phi) is 8.36. The van der Waals surface area contributed by atoms with Crippen LogP contribution in [0.4, 0.5) is 4.39 Å². The van der Waals surface area contributed by atoms with Crippen LogP contribution in [0.2, 0.25) is 0 Å². The van der Waals surface area contributed by atoms with Crippen molar-refractivity contribution < 1.29 is 28.6 Å². The summed E-state index contributed by atoms with van der Waals surface area (Å²) in [5, 5.41) is 9.73. The number of aliphatic hydroxyl groups excluding tert-OH is 1. The molecule has 0 radical (unpaired) electrons. The molecule has 1 saturated heterocycles. The number of carbonyl (C=O) groups excluding carboxylic acids is 2. The van der Waals surface area contributed by atoms with Crippen LogP contribution in [0.5, 0.6) is 11.5 Å². The van der Waals surface area contributed by atoms with Gasteiger partial charge < -0.3 is 14.6 Å². The summed E-state index contributed by atoms with van der Waals surface area (Å²) in [7, 11) is 3.01. The zero-order chi connectivity index (χ0) is 26.5. The lowest BCUT2D eigenvalue weighted by Crippen LogP contribution is -2.51. The average molecular weight is 506 g/mol. The topological polar surface area (TPSA) is 76.1 Å². The number of nitrogens with zero attached hydrogens (tertiary/aromatic N) is 1. The molecule has 0 saturated carbocycles. The normalized spacial score (nSPS) is 19.9. The van der Waals surface area contributed by atoms with Gasteiger partial charge >= 0.3 is 0 Å². The Morgan fingerprint density at radius 2 is 1.38 bits per heavy atom. The van der Waals surface area contributed by atoms with Crippen LogP contribution in [0.1, 0.15) is 37.8 Å². The van der Waals surface area contributed by atoms with Gasteiger partial charge in [-0.25, -0.2) is 4.39 Å². The first-order valence-corrected chi connectivity index (χ1v) is 12.3. The Labute approximate surface area is 216 Å². The molecule has 194 valence electrons. The first-order chi connectivity index (χ1) is 17.9. The summed E-state index contributed by atoms with van der Waals surface area (Å²) >= 11 is 0. The van der Waals surface area contributed by atoms with Gasteiger partial charge in [-0.15, -0.1) is 0 Å². The van der Waals surface area contributed by atoms with Gasteiger partial charge in [0.15, 0.2) is 11.6 Å². The highest BCUT2D eigenvalue weighted by molar-refractivity contribution is 6.04. The summed E-state index contributed by atoms with van der Waals surface area (Å²) in [4.78, 5) is 30.2. The summed E-state index contributed by atoms with van der Waals surface area (Å²) in [6.45, 7) is 2.50. The van der Waals surface area contributed by atoms with E-state index in [1.165, 1.54) is 20.3 Å². The molecule has 1 aliphatic heterocycles. The highest BCUT2D eigenvalue weighted by atomic mass is 19.1. The maximum atomic E-state index is 14.8. The number of para-hydroxylation sites is 2. The van der Waals surface area contributed by atoms with Crippen LogP contribution >= 0.6 is 0 Å². The Hall–Kier alpha value is -3.55. The molecule has 0 aliphatic carbocycles. The van der Waals surface area contributed by atoms with E-state index in [1.807, 2.05) is 4.90 Å². The quantitative estimate of drug-likeness (QED) is 0.431. The first-order valence-electron chi connectivity index (χ1n) is 12.3. The Bertz CT molecular complexity index is 1210. The molecule has 0 spiro atoms. The van der Waals surface area contributed by atoms with Crippen molar-refractivity contribution in [1.82, 2.24) is 4.90 Å². The summed E-state index contributed by atoms with van der Waals surface area (Å²) in [6, 6.07) is 18.8. The van der Waals surface area contributed by atoms with Crippen molar-refractivity contribution in [1.29, 1.82) is 0 Å². The Morgan fingerprint density at radius 3 is 1.86 bits per heavy atom. The summed E-state index contributed by atoms with van der Waals surface area (Å²) in [5.41, 5.74) is 1.86. The third-order valence-electron chi connectivity index (χ3n) is 7.28. The molecule has 6 nitrogen and oxygen atoms in total. The standard InChI is InChI=1S/C30H32FNO5/c1-19-20(11-8-12-25(19)31)28-23(29(34)21-9-4-6-13-26(21)36-2)17-32(15-16-33)18-24(28)30(35)22-10-5-7-14-27(22)37-3/h4-14,23-24,28,33H,15-18H2,1-3H3. The van der Waals surface area contributed by atoms with Gasteiger partial charge in [0, 0.05) is 37.4 Å². The van der Waals surface area contributed by atoms with Gasteiger partial charge in [0.25, 0.3) is 0 Å². The van der Waals surface area contributed by atoms with Crippen molar-refractivity contribution in [2.24, 2.45) is 11.8 Å². The number of ketones is 2. The molecule has 1 fully saturated rings. The number of Topliss-reactive ketones (excluding diaryl/α,β-unsaturated/α-hetero) is 2. The number of piperidine rings is 1. The van der Waals surface area contributed by atoms with E-state index < -0.39 is 17.8 Å². The monoisotopic (exact) mass is 505 g/mol. The van der Waals surface area contributed by atoms with Crippen molar-refractivity contribution >= 4 is 11.6 Å². The van der Waals surface area contributed by atoms with E-state index in [0.29, 0.717) is 53.4 Å². The molecule has 1 heterocycles. The zero-order valence-corrected chi connectivity index (χ0v) is 21.3. The van der Waals surface area contributed by atoms with E-state index in [2.05, 4.69) is 0 Å². The lowest BCUT2D eigenvalue weighted by Gasteiger charge is -2.43. The number of ether oxygens (including phenoxy) is 2. The fourth-order valence-corrected chi connectivity index (χ4v) is 5.47. The second-order valence-corrected chi connectivity index (χ2v) is 9.31. The molecule has 7 heteroatoms. The van der Waals surface area contributed by atoms with E-state index in [0.717, 1.165) is 0 Å². The van der Waals surface area contributed by atoms with Gasteiger partial charge in [-0.2, -0.15) is 0 Å². The molecule has 2 atom stereocenters. The van der Waals surface area contributed by atoms with Gasteiger partial charge in [0.1, 0.15) is 17.3 Å². The van der Waals surface area contributed by atoms with Gasteiger partial charge in [-0.3, -0.25) is 14.5 Å². The van der Waals surface area contributed by atoms with Gasteiger partial charge in [0.2, 0.25) is 0 Å². The third kappa shape index (κ3) is 5.29. The molecule has 4 rings (SSSR count). The molecular formula is C30H32FNO5. The average Bonchev–Trinajstić information content (AvgIpc) is 2.93. The van der Waals surface area contributed by atoms with Crippen molar-refractivity contribution in [3.63, 3.8) is 0 Å². The van der Waals surface area contributed by atoms with E-state index in [1.54, 1.807) is 67.6 Å². The maximum Gasteiger partial charge on any atom is 0.171 e. The summed E-state index contributed by atoms with van der Waals surface area (Å²) in [5.74, 6) is -1.84. The number of rotatable bonds is 9. The first kappa shape index (κ1) is 26.5. The number of aliphatic hydroxyl groups is 1. The number of carbonyl (C=O) groups is 2. The van der Waals surface area contributed by atoms with Gasteiger partial charge in [0.05, 0.1) is 32.0 Å². The van der Waals surface area contributed by atoms with E-state index >= 15 is 0 Å². The molecular weight excluding hydrogens is 473 g/mol. The van der Waals surface area contributed by atoms with Crippen LogP contribution in [0, 0.1) is 24.6 Å². The zero-order valence-electron chi connectivity index (χ0n) is 21.3. The van der Waals surface area contributed by atoms with Crippen LogP contribution in [-0.4, -0.2) is 62.0 Å². The molecule has 2 unspecified atom stereocenters. The van der Waals surface area contributed by atoms with Gasteiger partial charge in [-0.1, -0.05) is 36.4 Å². The third-order valence-corrected chi connectivity index (χ3v) is 7.28. The SMILES string of the molecule is COc1ccccc1C(=O)C1CN(CCO)CC(C(=O)c2ccccc2OC)C1c1cccc(F)c1C. The summed E-state index contributed by atoms with van der Waals surface area (Å²) in [6.07, 6.45) is 0. The number of halogens is 1. The number of likely N-dealkylation sites (tertiary alicyclic amines) is 1. The molecule has 0 bridgehead atoms. The fourth-order valence-electron chi connectivity index (χ4n) is 5.47. The summed E-state index contributed by atoms with van der Waals surface area (Å²) < 4.78 is 25.8. The van der Waals surface area contributed by atoms with E-state index in [4.69, 9.17) is 9.47 Å². The highest BCUT2D eigenvalue weighted by Crippen LogP contribution is 2.43. The second kappa shape index (κ2) is 11.7. The highest BCUT2D eigenvalue weighted by Gasteiger charge is 2.46. The van der Waals surface area contributed by atoms with Gasteiger partial charge in [-0.05, 0) is 48.4 Å². The fraction of sp³-hybridized carbons (Fsp3) is 0.333. The minimum Gasteiger partial charge on any atom is -0.496 e. The lowest BCUT2D eigenvalue weighted by molar-refractivity contribution is 0.0526. The minimum atomic E-state index is -0.680.